The molecule has 0 aliphatic carbocycles. The molecule has 2 heterocycles. The summed E-state index contributed by atoms with van der Waals surface area (Å²) < 4.78 is 3.71. The maximum Gasteiger partial charge on any atom is 0.0944 e. The van der Waals surface area contributed by atoms with Gasteiger partial charge >= 0.3 is 0 Å². The molecule has 0 fully saturated rings. The Balaban J connectivity index is 2.47. The molecule has 4 heteroatoms. The van der Waals surface area contributed by atoms with Gasteiger partial charge in [0.05, 0.1) is 9.86 Å². The van der Waals surface area contributed by atoms with Crippen LogP contribution in [0.25, 0.3) is 15.5 Å². The monoisotopic (exact) mass is 283 g/mol. The van der Waals surface area contributed by atoms with Gasteiger partial charge in [-0.25, -0.2) is 0 Å². The average Bonchev–Trinajstić information content (AvgIpc) is 2.60. The Labute approximate surface area is 98.4 Å². The van der Waals surface area contributed by atoms with Gasteiger partial charge in [-0.15, -0.1) is 22.7 Å². The number of thiophene rings is 2. The average molecular weight is 284 g/mol. The minimum Gasteiger partial charge on any atom is -0.193 e. The Morgan fingerprint density at radius 1 is 1.43 bits per heavy atom. The lowest BCUT2D eigenvalue weighted by molar-refractivity contribution is 1.46. The van der Waals surface area contributed by atoms with E-state index in [0.29, 0.717) is 0 Å². The Bertz CT molecular complexity index is 510. The Morgan fingerprint density at radius 3 is 2.79 bits per heavy atom. The molecule has 0 saturated carbocycles. The number of hydrogen-bond donors (Lipinski definition) is 0. The molecule has 0 spiro atoms. The number of hydrogen-bond acceptors (Lipinski definition) is 3. The van der Waals surface area contributed by atoms with E-state index < -0.39 is 0 Å². The van der Waals surface area contributed by atoms with E-state index in [4.69, 9.17) is 5.26 Å². The molecule has 2 rings (SSSR count). The normalized spacial score (nSPS) is 11.9. The van der Waals surface area contributed by atoms with Crippen molar-refractivity contribution in [3.05, 3.63) is 26.4 Å². The Morgan fingerprint density at radius 2 is 2.14 bits per heavy atom. The molecular formula is C10H6BrNS2. The molecule has 2 aromatic rings. The second-order valence-corrected chi connectivity index (χ2v) is 6.45. The van der Waals surface area contributed by atoms with Crippen molar-refractivity contribution in [1.82, 2.24) is 0 Å². The molecule has 0 aliphatic heterocycles. The van der Waals surface area contributed by atoms with Gasteiger partial charge in [-0.3, -0.25) is 0 Å². The number of nitrogens with zero attached hydrogens (tertiary/aromatic N) is 1. The molecule has 0 aromatic carbocycles. The van der Waals surface area contributed by atoms with Gasteiger partial charge in [0, 0.05) is 19.9 Å². The maximum absolute atomic E-state index is 8.65. The van der Waals surface area contributed by atoms with Crippen molar-refractivity contribution >= 4 is 54.1 Å². The van der Waals surface area contributed by atoms with Crippen LogP contribution in [0.15, 0.2) is 21.5 Å². The van der Waals surface area contributed by atoms with E-state index in [2.05, 4.69) is 34.1 Å². The molecule has 14 heavy (non-hydrogen) atoms. The molecular weight excluding hydrogens is 278 g/mol. The van der Waals surface area contributed by atoms with Crippen LogP contribution in [0.4, 0.5) is 0 Å². The summed E-state index contributed by atoms with van der Waals surface area (Å²) in [6, 6.07) is 6.36. The first-order valence-electron chi connectivity index (χ1n) is 3.96. The standard InChI is InChI=1S/C10H6BrNS2/c1-6(5-12)2-7-3-8-9(13-7)4-10(11)14-8/h2-4H,1H3/b6-2-. The number of nitriles is 1. The van der Waals surface area contributed by atoms with E-state index in [1.165, 1.54) is 9.40 Å². The van der Waals surface area contributed by atoms with Crippen LogP contribution in [0, 0.1) is 11.3 Å². The first kappa shape index (κ1) is 9.91. The largest absolute Gasteiger partial charge is 0.193 e. The summed E-state index contributed by atoms with van der Waals surface area (Å²) in [6.07, 6.45) is 1.92. The Kier molecular flexibility index (Phi) is 2.73. The van der Waals surface area contributed by atoms with E-state index in [1.54, 1.807) is 22.7 Å². The highest BCUT2D eigenvalue weighted by Crippen LogP contribution is 2.36. The molecule has 0 N–H and O–H groups in total. The highest BCUT2D eigenvalue weighted by Gasteiger charge is 2.03. The van der Waals surface area contributed by atoms with Gasteiger partial charge in [0.15, 0.2) is 0 Å². The smallest absolute Gasteiger partial charge is 0.0944 e. The van der Waals surface area contributed by atoms with Gasteiger partial charge in [-0.1, -0.05) is 0 Å². The number of allylic oxidation sites excluding steroid dienone is 1. The van der Waals surface area contributed by atoms with Crippen molar-refractivity contribution in [3.8, 4) is 6.07 Å². The summed E-state index contributed by atoms with van der Waals surface area (Å²) >= 11 is 6.89. The fraction of sp³-hybridized carbons (Fsp3) is 0.100. The van der Waals surface area contributed by atoms with Gasteiger partial charge in [-0.2, -0.15) is 5.26 Å². The van der Waals surface area contributed by atoms with Crippen molar-refractivity contribution in [3.63, 3.8) is 0 Å². The summed E-state index contributed by atoms with van der Waals surface area (Å²) in [6.45, 7) is 1.82. The first-order valence-corrected chi connectivity index (χ1v) is 6.39. The lowest BCUT2D eigenvalue weighted by Crippen LogP contribution is -1.65. The molecule has 1 nitrogen and oxygen atoms in total. The van der Waals surface area contributed by atoms with E-state index in [9.17, 15) is 0 Å². The summed E-state index contributed by atoms with van der Waals surface area (Å²) in [5.74, 6) is 0. The quantitative estimate of drug-likeness (QED) is 0.699. The van der Waals surface area contributed by atoms with E-state index >= 15 is 0 Å². The third-order valence-electron chi connectivity index (χ3n) is 1.73. The fourth-order valence-electron chi connectivity index (χ4n) is 1.14. The van der Waals surface area contributed by atoms with Crippen molar-refractivity contribution in [2.24, 2.45) is 0 Å². The van der Waals surface area contributed by atoms with Crippen molar-refractivity contribution in [2.45, 2.75) is 6.92 Å². The first-order chi connectivity index (χ1) is 6.69. The van der Waals surface area contributed by atoms with Crippen LogP contribution in [0.1, 0.15) is 11.8 Å². The summed E-state index contributed by atoms with van der Waals surface area (Å²) in [7, 11) is 0. The highest BCUT2D eigenvalue weighted by molar-refractivity contribution is 9.11. The molecule has 0 aliphatic rings. The molecule has 0 saturated heterocycles. The third kappa shape index (κ3) is 1.90. The van der Waals surface area contributed by atoms with Crippen LogP contribution in [0.2, 0.25) is 0 Å². The van der Waals surface area contributed by atoms with E-state index in [-0.39, 0.29) is 0 Å². The zero-order valence-electron chi connectivity index (χ0n) is 7.37. The second kappa shape index (κ2) is 3.85. The van der Waals surface area contributed by atoms with Crippen LogP contribution in [-0.4, -0.2) is 0 Å². The molecule has 0 amide bonds. The third-order valence-corrected chi connectivity index (χ3v) is 4.47. The van der Waals surface area contributed by atoms with Crippen LogP contribution in [-0.2, 0) is 0 Å². The van der Waals surface area contributed by atoms with Crippen molar-refractivity contribution in [2.75, 3.05) is 0 Å². The molecule has 0 unspecified atom stereocenters. The molecule has 70 valence electrons. The number of halogens is 1. The fourth-order valence-corrected chi connectivity index (χ4v) is 4.18. The Hall–Kier alpha value is -0.630. The van der Waals surface area contributed by atoms with Crippen LogP contribution >= 0.6 is 38.6 Å². The molecule has 0 atom stereocenters. The number of fused-ring (bicyclic) bond motifs is 1. The summed E-state index contributed by atoms with van der Waals surface area (Å²) in [5.41, 5.74) is 0.748. The van der Waals surface area contributed by atoms with Crippen molar-refractivity contribution < 1.29 is 0 Å². The van der Waals surface area contributed by atoms with E-state index in [1.807, 2.05) is 13.0 Å². The minimum absolute atomic E-state index is 0.748. The SMILES string of the molecule is C/C(C#N)=C/c1cc2sc(Br)cc2s1. The predicted molar refractivity (Wildman–Crippen MR) is 66.7 cm³/mol. The van der Waals surface area contributed by atoms with Crippen molar-refractivity contribution in [1.29, 1.82) is 5.26 Å². The highest BCUT2D eigenvalue weighted by atomic mass is 79.9. The van der Waals surface area contributed by atoms with Gasteiger partial charge in [0.2, 0.25) is 0 Å². The van der Waals surface area contributed by atoms with Gasteiger partial charge in [0.25, 0.3) is 0 Å². The van der Waals surface area contributed by atoms with Gasteiger partial charge < -0.3 is 0 Å². The van der Waals surface area contributed by atoms with E-state index in [0.717, 1.165) is 14.2 Å². The molecule has 2 aromatic heterocycles. The lowest BCUT2D eigenvalue weighted by Gasteiger charge is -1.83. The predicted octanol–water partition coefficient (Wildman–Crippen LogP) is 4.65. The second-order valence-electron chi connectivity index (χ2n) is 2.87. The maximum atomic E-state index is 8.65. The zero-order valence-corrected chi connectivity index (χ0v) is 10.6. The van der Waals surface area contributed by atoms with Gasteiger partial charge in [0.1, 0.15) is 0 Å². The zero-order chi connectivity index (χ0) is 10.1. The van der Waals surface area contributed by atoms with Crippen LogP contribution in [0.5, 0.6) is 0 Å². The molecule has 0 bridgehead atoms. The minimum atomic E-state index is 0.748. The topological polar surface area (TPSA) is 23.8 Å². The summed E-state index contributed by atoms with van der Waals surface area (Å²) in [4.78, 5) is 1.15. The van der Waals surface area contributed by atoms with Crippen LogP contribution < -0.4 is 0 Å². The molecule has 0 radical (unpaired) electrons. The number of rotatable bonds is 1. The van der Waals surface area contributed by atoms with Crippen LogP contribution in [0.3, 0.4) is 0 Å². The van der Waals surface area contributed by atoms with Gasteiger partial charge in [-0.05, 0) is 41.1 Å². The lowest BCUT2D eigenvalue weighted by atomic mass is 10.3. The summed E-state index contributed by atoms with van der Waals surface area (Å²) in [5, 5.41) is 8.65.